The number of anilines is 1. The molecule has 4 nitrogen and oxygen atoms in total. The highest BCUT2D eigenvalue weighted by Gasteiger charge is 2.22. The van der Waals surface area contributed by atoms with Gasteiger partial charge in [0.2, 0.25) is 0 Å². The van der Waals surface area contributed by atoms with Crippen molar-refractivity contribution in [1.29, 1.82) is 0 Å². The van der Waals surface area contributed by atoms with Gasteiger partial charge in [0.25, 0.3) is 0 Å². The summed E-state index contributed by atoms with van der Waals surface area (Å²) < 4.78 is 6.32. The van der Waals surface area contributed by atoms with Gasteiger partial charge in [-0.05, 0) is 22.0 Å². The van der Waals surface area contributed by atoms with E-state index >= 15 is 0 Å². The molecule has 0 saturated carbocycles. The third-order valence-electron chi connectivity index (χ3n) is 3.02. The number of para-hydroxylation sites is 1. The Morgan fingerprint density at radius 3 is 3.05 bits per heavy atom. The first-order valence-electron chi connectivity index (χ1n) is 5.90. The predicted molar refractivity (Wildman–Crippen MR) is 77.7 cm³/mol. The van der Waals surface area contributed by atoms with Gasteiger partial charge in [-0.3, -0.25) is 0 Å². The summed E-state index contributed by atoms with van der Waals surface area (Å²) in [5, 5.41) is 3.78. The summed E-state index contributed by atoms with van der Waals surface area (Å²) in [4.78, 5) is 8.13. The number of benzene rings is 1. The summed E-state index contributed by atoms with van der Waals surface area (Å²) in [6, 6.07) is 8.17. The lowest BCUT2D eigenvalue weighted by atomic mass is 10.0. The average molecular weight is 341 g/mol. The van der Waals surface area contributed by atoms with Crippen molar-refractivity contribution in [3.05, 3.63) is 45.8 Å². The molecule has 6 heteroatoms. The minimum Gasteiger partial charge on any atom is -0.493 e. The topological polar surface area (TPSA) is 47.0 Å². The molecule has 3 rings (SSSR count). The predicted octanol–water partition coefficient (Wildman–Crippen LogP) is 3.83. The maximum absolute atomic E-state index is 5.97. The van der Waals surface area contributed by atoms with Crippen molar-refractivity contribution in [2.24, 2.45) is 0 Å². The maximum atomic E-state index is 5.97. The lowest BCUT2D eigenvalue weighted by Gasteiger charge is -2.27. The summed E-state index contributed by atoms with van der Waals surface area (Å²) in [6.45, 7) is 0.686. The van der Waals surface area contributed by atoms with Crippen molar-refractivity contribution in [3.8, 4) is 5.75 Å². The van der Waals surface area contributed by atoms with Crippen LogP contribution >= 0.6 is 27.5 Å². The van der Waals surface area contributed by atoms with E-state index in [1.54, 1.807) is 0 Å². The molecular formula is C13H11BrClN3O. The minimum atomic E-state index is 0.159. The van der Waals surface area contributed by atoms with Crippen LogP contribution in [0.5, 0.6) is 5.75 Å². The zero-order valence-corrected chi connectivity index (χ0v) is 12.3. The molecule has 1 atom stereocenters. The van der Waals surface area contributed by atoms with E-state index in [1.807, 2.05) is 18.2 Å². The highest BCUT2D eigenvalue weighted by molar-refractivity contribution is 9.10. The summed E-state index contributed by atoms with van der Waals surface area (Å²) in [7, 11) is 0. The summed E-state index contributed by atoms with van der Waals surface area (Å²) in [6.07, 6.45) is 2.33. The van der Waals surface area contributed by atoms with Gasteiger partial charge < -0.3 is 10.1 Å². The fraction of sp³-hybridized carbons (Fsp3) is 0.231. The maximum Gasteiger partial charge on any atom is 0.148 e. The van der Waals surface area contributed by atoms with Crippen LogP contribution in [-0.4, -0.2) is 16.6 Å². The molecule has 0 saturated heterocycles. The largest absolute Gasteiger partial charge is 0.493 e. The van der Waals surface area contributed by atoms with Crippen molar-refractivity contribution >= 4 is 33.3 Å². The second kappa shape index (κ2) is 5.35. The third kappa shape index (κ3) is 2.53. The molecule has 1 N–H and O–H groups in total. The second-order valence-electron chi connectivity index (χ2n) is 4.20. The second-order valence-corrected chi connectivity index (χ2v) is 5.35. The number of halogens is 2. The molecule has 2 aromatic rings. The first kappa shape index (κ1) is 12.7. The number of aromatic nitrogens is 2. The van der Waals surface area contributed by atoms with E-state index in [0.717, 1.165) is 17.7 Å². The highest BCUT2D eigenvalue weighted by Crippen LogP contribution is 2.36. The Hall–Kier alpha value is -1.33. The van der Waals surface area contributed by atoms with Crippen LogP contribution in [0.4, 0.5) is 5.82 Å². The van der Waals surface area contributed by atoms with E-state index in [0.29, 0.717) is 22.1 Å². The number of hydrogen-bond donors (Lipinski definition) is 1. The molecule has 1 aliphatic rings. The molecule has 0 radical (unpaired) electrons. The van der Waals surface area contributed by atoms with Crippen molar-refractivity contribution in [3.63, 3.8) is 0 Å². The van der Waals surface area contributed by atoms with E-state index in [4.69, 9.17) is 16.3 Å². The molecule has 0 bridgehead atoms. The molecule has 1 unspecified atom stereocenters. The number of fused-ring (bicyclic) bond motifs is 1. The molecule has 1 aromatic carbocycles. The molecule has 0 spiro atoms. The third-order valence-corrected chi connectivity index (χ3v) is 4.28. The Labute approximate surface area is 124 Å². The number of nitrogens with zero attached hydrogens (tertiary/aromatic N) is 2. The van der Waals surface area contributed by atoms with E-state index in [-0.39, 0.29) is 6.04 Å². The highest BCUT2D eigenvalue weighted by atomic mass is 79.9. The molecule has 1 aliphatic heterocycles. The molecule has 0 amide bonds. The Balaban J connectivity index is 1.91. The van der Waals surface area contributed by atoms with Crippen LogP contribution in [0.25, 0.3) is 0 Å². The number of hydrogen-bond acceptors (Lipinski definition) is 4. The number of nitrogens with one attached hydrogen (secondary N) is 1. The van der Waals surface area contributed by atoms with Crippen molar-refractivity contribution in [2.75, 3.05) is 11.9 Å². The SMILES string of the molecule is Clc1ncnc(NC2CCOc3ccccc32)c1Br. The van der Waals surface area contributed by atoms with Crippen LogP contribution in [0.2, 0.25) is 5.15 Å². The first-order valence-corrected chi connectivity index (χ1v) is 7.07. The van der Waals surface area contributed by atoms with Crippen LogP contribution in [0.3, 0.4) is 0 Å². The lowest BCUT2D eigenvalue weighted by molar-refractivity contribution is 0.274. The molecular weight excluding hydrogens is 330 g/mol. The molecule has 1 aromatic heterocycles. The zero-order valence-electron chi connectivity index (χ0n) is 9.94. The summed E-state index contributed by atoms with van der Waals surface area (Å²) >= 11 is 9.37. The molecule has 2 heterocycles. The van der Waals surface area contributed by atoms with Crippen LogP contribution < -0.4 is 10.1 Å². The molecule has 98 valence electrons. The van der Waals surface area contributed by atoms with Gasteiger partial charge >= 0.3 is 0 Å². The van der Waals surface area contributed by atoms with Gasteiger partial charge in [0.15, 0.2) is 0 Å². The Morgan fingerprint density at radius 2 is 2.16 bits per heavy atom. The Kier molecular flexibility index (Phi) is 3.57. The van der Waals surface area contributed by atoms with E-state index in [9.17, 15) is 0 Å². The lowest BCUT2D eigenvalue weighted by Crippen LogP contribution is -2.21. The van der Waals surface area contributed by atoms with E-state index in [1.165, 1.54) is 6.33 Å². The van der Waals surface area contributed by atoms with Crippen LogP contribution in [-0.2, 0) is 0 Å². The van der Waals surface area contributed by atoms with Gasteiger partial charge in [-0.1, -0.05) is 29.8 Å². The van der Waals surface area contributed by atoms with Gasteiger partial charge in [0.05, 0.1) is 17.1 Å². The average Bonchev–Trinajstić information content (AvgIpc) is 2.44. The fourth-order valence-corrected chi connectivity index (χ4v) is 2.56. The van der Waals surface area contributed by atoms with E-state index < -0.39 is 0 Å². The Morgan fingerprint density at radius 1 is 1.32 bits per heavy atom. The van der Waals surface area contributed by atoms with Gasteiger partial charge in [-0.15, -0.1) is 0 Å². The van der Waals surface area contributed by atoms with Crippen molar-refractivity contribution in [2.45, 2.75) is 12.5 Å². The van der Waals surface area contributed by atoms with Gasteiger partial charge in [-0.25, -0.2) is 9.97 Å². The fourth-order valence-electron chi connectivity index (χ4n) is 2.11. The standard InChI is InChI=1S/C13H11BrClN3O/c14-11-12(15)16-7-17-13(11)18-9-5-6-19-10-4-2-1-3-8(9)10/h1-4,7,9H,5-6H2,(H,16,17,18). The summed E-state index contributed by atoms with van der Waals surface area (Å²) in [5.74, 6) is 1.62. The normalized spacial score (nSPS) is 17.5. The molecule has 0 aliphatic carbocycles. The smallest absolute Gasteiger partial charge is 0.148 e. The van der Waals surface area contributed by atoms with Crippen LogP contribution in [0.15, 0.2) is 35.1 Å². The minimum absolute atomic E-state index is 0.159. The first-order chi connectivity index (χ1) is 9.25. The number of ether oxygens (including phenoxy) is 1. The zero-order chi connectivity index (χ0) is 13.2. The monoisotopic (exact) mass is 339 g/mol. The summed E-state index contributed by atoms with van der Waals surface area (Å²) in [5.41, 5.74) is 1.13. The van der Waals surface area contributed by atoms with Crippen LogP contribution in [0.1, 0.15) is 18.0 Å². The van der Waals surface area contributed by atoms with Crippen LogP contribution in [0, 0.1) is 0 Å². The quantitative estimate of drug-likeness (QED) is 0.844. The van der Waals surface area contributed by atoms with Crippen molar-refractivity contribution in [1.82, 2.24) is 9.97 Å². The number of rotatable bonds is 2. The van der Waals surface area contributed by atoms with Gasteiger partial charge in [-0.2, -0.15) is 0 Å². The molecule has 19 heavy (non-hydrogen) atoms. The van der Waals surface area contributed by atoms with Crippen molar-refractivity contribution < 1.29 is 4.74 Å². The van der Waals surface area contributed by atoms with Gasteiger partial charge in [0.1, 0.15) is 23.0 Å². The van der Waals surface area contributed by atoms with E-state index in [2.05, 4.69) is 37.3 Å². The Bertz CT molecular complexity index is 608. The molecule has 0 fully saturated rings. The van der Waals surface area contributed by atoms with Gasteiger partial charge in [0, 0.05) is 12.0 Å².